The third-order valence-electron chi connectivity index (χ3n) is 4.81. The smallest absolute Gasteiger partial charge is 0.265 e. The molecular weight excluding hydrogens is 408 g/mol. The Kier molecular flexibility index (Phi) is 5.29. The molecule has 0 radical (unpaired) electrons. The van der Waals surface area contributed by atoms with Crippen LogP contribution in [-0.2, 0) is 16.4 Å². The number of sulfonamides is 1. The van der Waals surface area contributed by atoms with Crippen molar-refractivity contribution in [2.45, 2.75) is 17.7 Å². The van der Waals surface area contributed by atoms with Crippen molar-refractivity contribution in [3.05, 3.63) is 70.4 Å². The van der Waals surface area contributed by atoms with Crippen molar-refractivity contribution in [3.63, 3.8) is 0 Å². The highest BCUT2D eigenvalue weighted by Crippen LogP contribution is 2.34. The van der Waals surface area contributed by atoms with E-state index in [9.17, 15) is 13.2 Å². The average Bonchev–Trinajstić information content (AvgIpc) is 3.28. The maximum Gasteiger partial charge on any atom is 0.265 e. The Morgan fingerprint density at radius 3 is 2.62 bits per heavy atom. The first-order valence-corrected chi connectivity index (χ1v) is 11.5. The first-order chi connectivity index (χ1) is 14.0. The number of carbonyl (C=O) groups excluding carboxylic acids is 1. The Balaban J connectivity index is 1.66. The van der Waals surface area contributed by atoms with E-state index in [1.165, 1.54) is 22.8 Å². The first-order valence-electron chi connectivity index (χ1n) is 9.13. The molecule has 1 aliphatic rings. The molecule has 150 valence electrons. The van der Waals surface area contributed by atoms with Crippen LogP contribution in [0, 0.1) is 0 Å². The van der Waals surface area contributed by atoms with Crippen LogP contribution in [0.3, 0.4) is 0 Å². The van der Waals surface area contributed by atoms with E-state index in [1.807, 2.05) is 23.6 Å². The Hall–Kier alpha value is -2.84. The number of rotatable bonds is 5. The van der Waals surface area contributed by atoms with E-state index < -0.39 is 10.0 Å². The summed E-state index contributed by atoms with van der Waals surface area (Å²) in [4.78, 5) is 13.2. The molecule has 0 saturated carbocycles. The highest BCUT2D eigenvalue weighted by molar-refractivity contribution is 7.92. The number of carbonyl (C=O) groups is 1. The summed E-state index contributed by atoms with van der Waals surface area (Å²) in [6.45, 7) is 0.393. The standard InChI is InChI=1S/C21H20N2O4S2/c1-27-17-8-10-18(11-9-17)29(25,26)23-12-2-4-15-6-7-16(14-19(15)23)22-21(24)20-5-3-13-28-20/h3,5-11,13-14H,2,4,12H2,1H3,(H,22,24). The average molecular weight is 429 g/mol. The van der Waals surface area contributed by atoms with Crippen LogP contribution in [0.1, 0.15) is 21.7 Å². The van der Waals surface area contributed by atoms with Crippen molar-refractivity contribution in [1.82, 2.24) is 0 Å². The van der Waals surface area contributed by atoms with Crippen LogP contribution in [0.4, 0.5) is 11.4 Å². The minimum atomic E-state index is -3.72. The largest absolute Gasteiger partial charge is 0.497 e. The van der Waals surface area contributed by atoms with Crippen LogP contribution < -0.4 is 14.4 Å². The van der Waals surface area contributed by atoms with Gasteiger partial charge in [0, 0.05) is 12.2 Å². The topological polar surface area (TPSA) is 75.7 Å². The molecule has 3 aromatic rings. The summed E-state index contributed by atoms with van der Waals surface area (Å²) < 4.78 is 33.1. The van der Waals surface area contributed by atoms with Crippen molar-refractivity contribution in [2.24, 2.45) is 0 Å². The third-order valence-corrected chi connectivity index (χ3v) is 7.51. The van der Waals surface area contributed by atoms with E-state index in [0.29, 0.717) is 28.5 Å². The van der Waals surface area contributed by atoms with E-state index in [2.05, 4.69) is 5.32 Å². The van der Waals surface area contributed by atoms with Gasteiger partial charge in [-0.1, -0.05) is 12.1 Å². The van der Waals surface area contributed by atoms with Gasteiger partial charge in [0.15, 0.2) is 0 Å². The summed E-state index contributed by atoms with van der Waals surface area (Å²) >= 11 is 1.36. The van der Waals surface area contributed by atoms with Crippen LogP contribution in [0.15, 0.2) is 64.9 Å². The maximum absolute atomic E-state index is 13.3. The quantitative estimate of drug-likeness (QED) is 0.662. The molecule has 0 saturated heterocycles. The number of aryl methyl sites for hydroxylation is 1. The van der Waals surface area contributed by atoms with E-state index in [-0.39, 0.29) is 10.8 Å². The molecule has 1 aliphatic heterocycles. The third kappa shape index (κ3) is 3.86. The minimum absolute atomic E-state index is 0.208. The van der Waals surface area contributed by atoms with Gasteiger partial charge in [-0.2, -0.15) is 0 Å². The zero-order chi connectivity index (χ0) is 20.4. The minimum Gasteiger partial charge on any atom is -0.497 e. The van der Waals surface area contributed by atoms with Crippen molar-refractivity contribution in [1.29, 1.82) is 0 Å². The number of hydrogen-bond donors (Lipinski definition) is 1. The summed E-state index contributed by atoms with van der Waals surface area (Å²) in [6.07, 6.45) is 1.53. The van der Waals surface area contributed by atoms with E-state index in [4.69, 9.17) is 4.74 Å². The van der Waals surface area contributed by atoms with Gasteiger partial charge in [-0.15, -0.1) is 11.3 Å². The summed E-state index contributed by atoms with van der Waals surface area (Å²) in [5, 5.41) is 4.69. The number of thiophene rings is 1. The van der Waals surface area contributed by atoms with Gasteiger partial charge in [-0.3, -0.25) is 9.10 Å². The van der Waals surface area contributed by atoms with Crippen molar-refractivity contribution in [2.75, 3.05) is 23.3 Å². The van der Waals surface area contributed by atoms with Crippen LogP contribution in [0.5, 0.6) is 5.75 Å². The van der Waals surface area contributed by atoms with Crippen LogP contribution in [0.2, 0.25) is 0 Å². The van der Waals surface area contributed by atoms with Crippen LogP contribution >= 0.6 is 11.3 Å². The zero-order valence-corrected chi connectivity index (χ0v) is 17.4. The second-order valence-electron chi connectivity index (χ2n) is 6.63. The number of ether oxygens (including phenoxy) is 1. The maximum atomic E-state index is 13.3. The lowest BCUT2D eigenvalue weighted by Gasteiger charge is -2.31. The van der Waals surface area contributed by atoms with Gasteiger partial charge in [0.1, 0.15) is 5.75 Å². The number of methoxy groups -OCH3 is 1. The SMILES string of the molecule is COc1ccc(S(=O)(=O)N2CCCc3ccc(NC(=O)c4cccs4)cc32)cc1. The summed E-state index contributed by atoms with van der Waals surface area (Å²) in [7, 11) is -2.18. The monoisotopic (exact) mass is 428 g/mol. The molecule has 2 aromatic carbocycles. The van der Waals surface area contributed by atoms with Crippen LogP contribution in [0.25, 0.3) is 0 Å². The molecular formula is C21H20N2O4S2. The molecule has 0 fully saturated rings. The van der Waals surface area contributed by atoms with Gasteiger partial charge in [0.05, 0.1) is 22.6 Å². The number of hydrogen-bond acceptors (Lipinski definition) is 5. The Morgan fingerprint density at radius 2 is 1.93 bits per heavy atom. The molecule has 1 aromatic heterocycles. The van der Waals surface area contributed by atoms with Gasteiger partial charge in [-0.25, -0.2) is 8.42 Å². The number of amides is 1. The van der Waals surface area contributed by atoms with Gasteiger partial charge in [0.25, 0.3) is 15.9 Å². The van der Waals surface area contributed by atoms with E-state index in [1.54, 1.807) is 36.4 Å². The second kappa shape index (κ2) is 7.88. The molecule has 1 N–H and O–H groups in total. The molecule has 0 aliphatic carbocycles. The fraction of sp³-hybridized carbons (Fsp3) is 0.190. The lowest BCUT2D eigenvalue weighted by Crippen LogP contribution is -2.35. The Morgan fingerprint density at radius 1 is 1.14 bits per heavy atom. The van der Waals surface area contributed by atoms with Gasteiger partial charge >= 0.3 is 0 Å². The predicted octanol–water partition coefficient (Wildman–Crippen LogP) is 4.15. The second-order valence-corrected chi connectivity index (χ2v) is 9.44. The van der Waals surface area contributed by atoms with Crippen molar-refractivity contribution in [3.8, 4) is 5.75 Å². The zero-order valence-electron chi connectivity index (χ0n) is 15.8. The van der Waals surface area contributed by atoms with Crippen molar-refractivity contribution >= 4 is 38.6 Å². The highest BCUT2D eigenvalue weighted by atomic mass is 32.2. The molecule has 4 rings (SSSR count). The summed E-state index contributed by atoms with van der Waals surface area (Å²) in [5.74, 6) is 0.391. The molecule has 0 unspecified atom stereocenters. The molecule has 0 atom stereocenters. The first kappa shape index (κ1) is 19.5. The van der Waals surface area contributed by atoms with E-state index in [0.717, 1.165) is 18.4 Å². The van der Waals surface area contributed by atoms with Crippen molar-refractivity contribution < 1.29 is 17.9 Å². The highest BCUT2D eigenvalue weighted by Gasteiger charge is 2.29. The number of anilines is 2. The molecule has 0 bridgehead atoms. The number of nitrogens with zero attached hydrogens (tertiary/aromatic N) is 1. The van der Waals surface area contributed by atoms with Gasteiger partial charge < -0.3 is 10.1 Å². The predicted molar refractivity (Wildman–Crippen MR) is 115 cm³/mol. The fourth-order valence-corrected chi connectivity index (χ4v) is 5.50. The molecule has 6 nitrogen and oxygen atoms in total. The number of nitrogens with one attached hydrogen (secondary N) is 1. The lowest BCUT2D eigenvalue weighted by atomic mass is 10.0. The summed E-state index contributed by atoms with van der Waals surface area (Å²) in [6, 6.07) is 15.4. The number of fused-ring (bicyclic) bond motifs is 1. The van der Waals surface area contributed by atoms with Gasteiger partial charge in [-0.05, 0) is 66.2 Å². The Bertz CT molecular complexity index is 1120. The molecule has 2 heterocycles. The molecule has 8 heteroatoms. The molecule has 29 heavy (non-hydrogen) atoms. The normalized spacial score (nSPS) is 13.6. The Labute approximate surface area is 173 Å². The van der Waals surface area contributed by atoms with Crippen LogP contribution in [-0.4, -0.2) is 28.0 Å². The summed E-state index contributed by atoms with van der Waals surface area (Å²) in [5.41, 5.74) is 2.12. The molecule has 1 amide bonds. The fourth-order valence-electron chi connectivity index (χ4n) is 3.34. The van der Waals surface area contributed by atoms with E-state index >= 15 is 0 Å². The lowest BCUT2D eigenvalue weighted by molar-refractivity contribution is 0.103. The molecule has 0 spiro atoms. The van der Waals surface area contributed by atoms with Gasteiger partial charge in [0.2, 0.25) is 0 Å². The number of benzene rings is 2.